The number of nitrogens with zero attached hydrogens (tertiary/aromatic N) is 1. The molecular weight excluding hydrogens is 367 g/mol. The highest BCUT2D eigenvalue weighted by Crippen LogP contribution is 2.23. The van der Waals surface area contributed by atoms with Crippen molar-refractivity contribution in [2.24, 2.45) is 0 Å². The van der Waals surface area contributed by atoms with Crippen molar-refractivity contribution in [2.75, 3.05) is 5.32 Å². The summed E-state index contributed by atoms with van der Waals surface area (Å²) in [6.07, 6.45) is 3.97. The minimum atomic E-state index is -0.0980. The SMILES string of the molecule is CCCC(CCC)N(Cc1cc(Cl)cc(Cl)c1)C(=O)Nc1ccccc1. The highest BCUT2D eigenvalue weighted by atomic mass is 35.5. The van der Waals surface area contributed by atoms with Gasteiger partial charge in [0.05, 0.1) is 0 Å². The highest BCUT2D eigenvalue weighted by molar-refractivity contribution is 6.34. The minimum Gasteiger partial charge on any atom is -0.317 e. The van der Waals surface area contributed by atoms with Crippen LogP contribution in [0.5, 0.6) is 0 Å². The van der Waals surface area contributed by atoms with Gasteiger partial charge >= 0.3 is 6.03 Å². The number of nitrogens with one attached hydrogen (secondary N) is 1. The maximum atomic E-state index is 13.0. The van der Waals surface area contributed by atoms with Crippen molar-refractivity contribution in [3.8, 4) is 0 Å². The molecule has 5 heteroatoms. The Kier molecular flexibility index (Phi) is 8.27. The van der Waals surface area contributed by atoms with E-state index in [9.17, 15) is 4.79 Å². The molecule has 0 aliphatic heterocycles. The third-order valence-corrected chi connectivity index (χ3v) is 4.68. The van der Waals surface area contributed by atoms with Crippen molar-refractivity contribution in [3.63, 3.8) is 0 Å². The lowest BCUT2D eigenvalue weighted by Gasteiger charge is -2.32. The van der Waals surface area contributed by atoms with E-state index in [-0.39, 0.29) is 12.1 Å². The molecule has 0 saturated carbocycles. The van der Waals surface area contributed by atoms with Crippen LogP contribution in [-0.2, 0) is 6.54 Å². The molecule has 0 bridgehead atoms. The Morgan fingerprint density at radius 1 is 1.00 bits per heavy atom. The van der Waals surface area contributed by atoms with E-state index in [4.69, 9.17) is 23.2 Å². The molecular formula is C21H26Cl2N2O. The average Bonchev–Trinajstić information content (AvgIpc) is 2.59. The molecule has 3 nitrogen and oxygen atoms in total. The van der Waals surface area contributed by atoms with Gasteiger partial charge < -0.3 is 10.2 Å². The van der Waals surface area contributed by atoms with Crippen molar-refractivity contribution < 1.29 is 4.79 Å². The van der Waals surface area contributed by atoms with Crippen molar-refractivity contribution in [1.82, 2.24) is 4.90 Å². The van der Waals surface area contributed by atoms with E-state index in [1.807, 2.05) is 47.4 Å². The molecule has 0 fully saturated rings. The predicted octanol–water partition coefficient (Wildman–Crippen LogP) is 7.00. The van der Waals surface area contributed by atoms with Crippen LogP contribution in [0.3, 0.4) is 0 Å². The van der Waals surface area contributed by atoms with Gasteiger partial charge in [-0.05, 0) is 48.7 Å². The summed E-state index contributed by atoms with van der Waals surface area (Å²) >= 11 is 12.3. The third-order valence-electron chi connectivity index (χ3n) is 4.25. The summed E-state index contributed by atoms with van der Waals surface area (Å²) in [7, 11) is 0. The number of amides is 2. The summed E-state index contributed by atoms with van der Waals surface area (Å²) in [5.74, 6) is 0. The maximum absolute atomic E-state index is 13.0. The first kappa shape index (κ1) is 20.6. The molecule has 2 rings (SSSR count). The number of carbonyl (C=O) groups is 1. The number of urea groups is 1. The zero-order chi connectivity index (χ0) is 18.9. The van der Waals surface area contributed by atoms with E-state index < -0.39 is 0 Å². The molecule has 0 aromatic heterocycles. The molecule has 2 aromatic carbocycles. The monoisotopic (exact) mass is 392 g/mol. The first-order chi connectivity index (χ1) is 12.5. The topological polar surface area (TPSA) is 32.3 Å². The van der Waals surface area contributed by atoms with Gasteiger partial charge in [0.1, 0.15) is 0 Å². The van der Waals surface area contributed by atoms with E-state index in [0.29, 0.717) is 16.6 Å². The van der Waals surface area contributed by atoms with Crippen LogP contribution >= 0.6 is 23.2 Å². The second-order valence-corrected chi connectivity index (χ2v) is 7.31. The van der Waals surface area contributed by atoms with Crippen molar-refractivity contribution in [2.45, 2.75) is 52.1 Å². The molecule has 0 radical (unpaired) electrons. The van der Waals surface area contributed by atoms with Gasteiger partial charge in [0.2, 0.25) is 0 Å². The number of carbonyl (C=O) groups excluding carboxylic acids is 1. The highest BCUT2D eigenvalue weighted by Gasteiger charge is 2.23. The number of para-hydroxylation sites is 1. The van der Waals surface area contributed by atoms with Crippen LogP contribution in [0.25, 0.3) is 0 Å². The Hall–Kier alpha value is -1.71. The molecule has 26 heavy (non-hydrogen) atoms. The van der Waals surface area contributed by atoms with E-state index in [0.717, 1.165) is 36.9 Å². The fraction of sp³-hybridized carbons (Fsp3) is 0.381. The van der Waals surface area contributed by atoms with Crippen LogP contribution in [0, 0.1) is 0 Å². The zero-order valence-electron chi connectivity index (χ0n) is 15.3. The molecule has 0 aliphatic rings. The van der Waals surface area contributed by atoms with Crippen LogP contribution in [0.15, 0.2) is 48.5 Å². The summed E-state index contributed by atoms with van der Waals surface area (Å²) in [5, 5.41) is 4.17. The molecule has 0 saturated heterocycles. The van der Waals surface area contributed by atoms with Gasteiger partial charge in [-0.3, -0.25) is 0 Å². The van der Waals surface area contributed by atoms with E-state index in [1.165, 1.54) is 0 Å². The van der Waals surface area contributed by atoms with Crippen LogP contribution in [0.4, 0.5) is 10.5 Å². The lowest BCUT2D eigenvalue weighted by Crippen LogP contribution is -2.42. The number of rotatable bonds is 8. The Bertz CT molecular complexity index is 680. The van der Waals surface area contributed by atoms with Crippen LogP contribution in [-0.4, -0.2) is 17.0 Å². The molecule has 0 unspecified atom stereocenters. The quantitative estimate of drug-likeness (QED) is 0.515. The number of hydrogen-bond donors (Lipinski definition) is 1. The molecule has 2 amide bonds. The van der Waals surface area contributed by atoms with Crippen LogP contribution in [0.1, 0.15) is 45.1 Å². The van der Waals surface area contributed by atoms with Gasteiger partial charge in [0.15, 0.2) is 0 Å². The van der Waals surface area contributed by atoms with Gasteiger partial charge in [0, 0.05) is 28.3 Å². The fourth-order valence-corrected chi connectivity index (χ4v) is 3.68. The second kappa shape index (κ2) is 10.4. The largest absolute Gasteiger partial charge is 0.322 e. The summed E-state index contributed by atoms with van der Waals surface area (Å²) in [4.78, 5) is 14.9. The molecule has 0 heterocycles. The van der Waals surface area contributed by atoms with Crippen molar-refractivity contribution in [3.05, 3.63) is 64.1 Å². The van der Waals surface area contributed by atoms with Crippen molar-refractivity contribution >= 4 is 34.9 Å². The minimum absolute atomic E-state index is 0.0980. The van der Waals surface area contributed by atoms with Crippen molar-refractivity contribution in [1.29, 1.82) is 0 Å². The zero-order valence-corrected chi connectivity index (χ0v) is 16.9. The van der Waals surface area contributed by atoms with Gasteiger partial charge in [-0.15, -0.1) is 0 Å². The number of anilines is 1. The lowest BCUT2D eigenvalue weighted by molar-refractivity contribution is 0.173. The van der Waals surface area contributed by atoms with Crippen LogP contribution in [0.2, 0.25) is 10.0 Å². The molecule has 0 aliphatic carbocycles. The average molecular weight is 393 g/mol. The fourth-order valence-electron chi connectivity index (χ4n) is 3.10. The molecule has 1 N–H and O–H groups in total. The number of halogens is 2. The lowest BCUT2D eigenvalue weighted by atomic mass is 10.0. The first-order valence-electron chi connectivity index (χ1n) is 9.11. The first-order valence-corrected chi connectivity index (χ1v) is 9.86. The van der Waals surface area contributed by atoms with Gasteiger partial charge in [-0.2, -0.15) is 0 Å². The Balaban J connectivity index is 2.25. The smallest absolute Gasteiger partial charge is 0.317 e. The molecule has 0 spiro atoms. The summed E-state index contributed by atoms with van der Waals surface area (Å²) in [6, 6.07) is 15.0. The van der Waals surface area contributed by atoms with Gasteiger partial charge in [-0.25, -0.2) is 4.79 Å². The van der Waals surface area contributed by atoms with E-state index in [1.54, 1.807) is 6.07 Å². The third kappa shape index (κ3) is 6.22. The maximum Gasteiger partial charge on any atom is 0.322 e. The summed E-state index contributed by atoms with van der Waals surface area (Å²) < 4.78 is 0. The summed E-state index contributed by atoms with van der Waals surface area (Å²) in [6.45, 7) is 4.77. The molecule has 140 valence electrons. The second-order valence-electron chi connectivity index (χ2n) is 6.43. The molecule has 0 atom stereocenters. The van der Waals surface area contributed by atoms with E-state index in [2.05, 4.69) is 19.2 Å². The summed E-state index contributed by atoms with van der Waals surface area (Å²) in [5.41, 5.74) is 1.72. The van der Waals surface area contributed by atoms with Gasteiger partial charge in [-0.1, -0.05) is 68.1 Å². The standard InChI is InChI=1S/C21H26Cl2N2O/c1-3-8-20(9-4-2)25(15-16-12-17(22)14-18(23)13-16)21(26)24-19-10-6-5-7-11-19/h5-7,10-14,20H,3-4,8-9,15H2,1-2H3,(H,24,26). The number of benzene rings is 2. The molecule has 2 aromatic rings. The Labute approximate surface area is 166 Å². The van der Waals surface area contributed by atoms with E-state index >= 15 is 0 Å². The number of hydrogen-bond acceptors (Lipinski definition) is 1. The van der Waals surface area contributed by atoms with Crippen LogP contribution < -0.4 is 5.32 Å². The Morgan fingerprint density at radius 2 is 1.58 bits per heavy atom. The predicted molar refractivity (Wildman–Crippen MR) is 111 cm³/mol. The normalized spacial score (nSPS) is 10.8. The van der Waals surface area contributed by atoms with Gasteiger partial charge in [0.25, 0.3) is 0 Å². The Morgan fingerprint density at radius 3 is 2.12 bits per heavy atom.